The summed E-state index contributed by atoms with van der Waals surface area (Å²) in [5.41, 5.74) is 7.34. The molecule has 3 aromatic rings. The average molecular weight is 412 g/mol. The number of para-hydroxylation sites is 1. The Kier molecular flexibility index (Phi) is 5.26. The number of nitrogens with two attached hydrogens (primary N) is 1. The van der Waals surface area contributed by atoms with Crippen molar-refractivity contribution in [1.82, 2.24) is 15.0 Å². The molecule has 1 aromatic carbocycles. The quantitative estimate of drug-likeness (QED) is 0.499. The lowest BCUT2D eigenvalue weighted by Crippen LogP contribution is -2.34. The van der Waals surface area contributed by atoms with Crippen LogP contribution in [0.15, 0.2) is 35.8 Å². The van der Waals surface area contributed by atoms with E-state index in [1.807, 2.05) is 29.2 Å². The summed E-state index contributed by atoms with van der Waals surface area (Å²) in [6.07, 6.45) is 2.97. The van der Waals surface area contributed by atoms with E-state index < -0.39 is 4.92 Å². The zero-order valence-electron chi connectivity index (χ0n) is 15.8. The molecule has 10 heteroatoms. The molecule has 29 heavy (non-hydrogen) atoms. The number of piperidine rings is 1. The second-order valence-electron chi connectivity index (χ2n) is 6.73. The van der Waals surface area contributed by atoms with Crippen molar-refractivity contribution < 1.29 is 9.66 Å². The number of nitrogens with zero attached hydrogens (tertiary/aromatic N) is 5. The summed E-state index contributed by atoms with van der Waals surface area (Å²) in [4.78, 5) is 25.4. The third-order valence-electron chi connectivity index (χ3n) is 5.01. The van der Waals surface area contributed by atoms with Crippen molar-refractivity contribution in [2.45, 2.75) is 18.8 Å². The van der Waals surface area contributed by atoms with Gasteiger partial charge in [0.2, 0.25) is 11.8 Å². The van der Waals surface area contributed by atoms with Gasteiger partial charge in [-0.15, -0.1) is 11.3 Å². The van der Waals surface area contributed by atoms with E-state index in [1.54, 1.807) is 18.4 Å². The zero-order valence-corrected chi connectivity index (χ0v) is 16.6. The van der Waals surface area contributed by atoms with Crippen LogP contribution in [-0.4, -0.2) is 40.1 Å². The molecule has 1 fully saturated rings. The standard InChI is InChI=1S/C19H20N6O3S/c1-28-16-5-3-2-4-13(16)14-11-29-18(22-14)12-6-8-24(9-7-12)19-21-10-15(25(26)27)17(20)23-19/h2-5,10-12H,6-9H2,1H3,(H2,20,21,23). The largest absolute Gasteiger partial charge is 0.496 e. The summed E-state index contributed by atoms with van der Waals surface area (Å²) < 4.78 is 5.44. The van der Waals surface area contributed by atoms with E-state index in [0.717, 1.165) is 47.9 Å². The molecule has 0 radical (unpaired) electrons. The highest BCUT2D eigenvalue weighted by atomic mass is 32.1. The smallest absolute Gasteiger partial charge is 0.329 e. The predicted octanol–water partition coefficient (Wildman–Crippen LogP) is 3.48. The third kappa shape index (κ3) is 3.83. The SMILES string of the molecule is COc1ccccc1-c1csc(C2CCN(c3ncc([N+](=O)[O-])c(N)n3)CC2)n1. The van der Waals surface area contributed by atoms with E-state index in [2.05, 4.69) is 15.3 Å². The summed E-state index contributed by atoms with van der Waals surface area (Å²) in [5, 5.41) is 14.0. The number of benzene rings is 1. The van der Waals surface area contributed by atoms with Crippen LogP contribution in [0, 0.1) is 10.1 Å². The summed E-state index contributed by atoms with van der Waals surface area (Å²) in [7, 11) is 1.66. The maximum absolute atomic E-state index is 10.9. The lowest BCUT2D eigenvalue weighted by molar-refractivity contribution is -0.384. The number of thiazole rings is 1. The van der Waals surface area contributed by atoms with Crippen molar-refractivity contribution in [3.8, 4) is 17.0 Å². The monoisotopic (exact) mass is 412 g/mol. The van der Waals surface area contributed by atoms with E-state index in [0.29, 0.717) is 11.9 Å². The second kappa shape index (κ2) is 8.00. The Bertz CT molecular complexity index is 1030. The van der Waals surface area contributed by atoms with Gasteiger partial charge in [-0.2, -0.15) is 4.98 Å². The van der Waals surface area contributed by atoms with Crippen LogP contribution < -0.4 is 15.4 Å². The fraction of sp³-hybridized carbons (Fsp3) is 0.316. The Balaban J connectivity index is 1.45. The number of aromatic nitrogens is 3. The number of nitrogen functional groups attached to an aromatic ring is 1. The van der Waals surface area contributed by atoms with Crippen LogP contribution in [0.2, 0.25) is 0 Å². The second-order valence-corrected chi connectivity index (χ2v) is 7.62. The number of methoxy groups -OCH3 is 1. The van der Waals surface area contributed by atoms with Gasteiger partial charge in [0.25, 0.3) is 0 Å². The van der Waals surface area contributed by atoms with E-state index in [4.69, 9.17) is 15.5 Å². The molecule has 4 rings (SSSR count). The molecular weight excluding hydrogens is 392 g/mol. The molecule has 9 nitrogen and oxygen atoms in total. The number of nitro groups is 1. The minimum atomic E-state index is -0.576. The summed E-state index contributed by atoms with van der Waals surface area (Å²) in [6.45, 7) is 1.48. The highest BCUT2D eigenvalue weighted by Gasteiger charge is 2.26. The number of rotatable bonds is 5. The molecule has 2 N–H and O–H groups in total. The van der Waals surface area contributed by atoms with Gasteiger partial charge in [0.1, 0.15) is 11.9 Å². The maximum atomic E-state index is 10.9. The molecule has 0 unspecified atom stereocenters. The highest BCUT2D eigenvalue weighted by Crippen LogP contribution is 2.36. The van der Waals surface area contributed by atoms with Gasteiger partial charge in [0.15, 0.2) is 0 Å². The third-order valence-corrected chi connectivity index (χ3v) is 6.02. The fourth-order valence-corrected chi connectivity index (χ4v) is 4.44. The maximum Gasteiger partial charge on any atom is 0.329 e. The van der Waals surface area contributed by atoms with Crippen LogP contribution in [-0.2, 0) is 0 Å². The predicted molar refractivity (Wildman–Crippen MR) is 111 cm³/mol. The molecule has 2 aromatic heterocycles. The van der Waals surface area contributed by atoms with E-state index in [-0.39, 0.29) is 11.5 Å². The highest BCUT2D eigenvalue weighted by molar-refractivity contribution is 7.10. The number of hydrogen-bond acceptors (Lipinski definition) is 9. The molecule has 150 valence electrons. The number of ether oxygens (including phenoxy) is 1. The Morgan fingerprint density at radius 2 is 2.03 bits per heavy atom. The van der Waals surface area contributed by atoms with E-state index >= 15 is 0 Å². The molecule has 0 atom stereocenters. The van der Waals surface area contributed by atoms with Gasteiger partial charge in [-0.05, 0) is 25.0 Å². The van der Waals surface area contributed by atoms with Crippen LogP contribution in [0.25, 0.3) is 11.3 Å². The van der Waals surface area contributed by atoms with Crippen molar-refractivity contribution in [3.05, 3.63) is 51.0 Å². The molecule has 1 saturated heterocycles. The Labute approximate surface area is 171 Å². The molecular formula is C19H20N6O3S. The molecule has 0 saturated carbocycles. The molecule has 1 aliphatic heterocycles. The first kappa shape index (κ1) is 19.1. The first-order chi connectivity index (χ1) is 14.1. The Morgan fingerprint density at radius 1 is 1.28 bits per heavy atom. The summed E-state index contributed by atoms with van der Waals surface area (Å²) in [5.74, 6) is 1.49. The van der Waals surface area contributed by atoms with E-state index in [1.165, 1.54) is 6.20 Å². The lowest BCUT2D eigenvalue weighted by atomic mass is 9.98. The average Bonchev–Trinajstić information content (AvgIpc) is 3.23. The molecule has 0 bridgehead atoms. The molecule has 3 heterocycles. The van der Waals surface area contributed by atoms with Gasteiger partial charge < -0.3 is 15.4 Å². The first-order valence-electron chi connectivity index (χ1n) is 9.17. The van der Waals surface area contributed by atoms with Gasteiger partial charge >= 0.3 is 5.69 Å². The van der Waals surface area contributed by atoms with Crippen LogP contribution in [0.3, 0.4) is 0 Å². The van der Waals surface area contributed by atoms with Crippen molar-refractivity contribution in [1.29, 1.82) is 0 Å². The van der Waals surface area contributed by atoms with Gasteiger partial charge in [-0.1, -0.05) is 12.1 Å². The van der Waals surface area contributed by atoms with Gasteiger partial charge in [-0.3, -0.25) is 10.1 Å². The zero-order chi connectivity index (χ0) is 20.4. The van der Waals surface area contributed by atoms with Gasteiger partial charge in [0, 0.05) is 30.0 Å². The lowest BCUT2D eigenvalue weighted by Gasteiger charge is -2.31. The minimum Gasteiger partial charge on any atom is -0.496 e. The summed E-state index contributed by atoms with van der Waals surface area (Å²) in [6, 6.07) is 7.86. The molecule has 0 aliphatic carbocycles. The fourth-order valence-electron chi connectivity index (χ4n) is 3.45. The first-order valence-corrected chi connectivity index (χ1v) is 10.1. The Morgan fingerprint density at radius 3 is 2.72 bits per heavy atom. The minimum absolute atomic E-state index is 0.108. The number of anilines is 2. The van der Waals surface area contributed by atoms with Crippen molar-refractivity contribution >= 4 is 28.8 Å². The molecule has 1 aliphatic rings. The van der Waals surface area contributed by atoms with Crippen LogP contribution in [0.1, 0.15) is 23.8 Å². The van der Waals surface area contributed by atoms with Crippen LogP contribution in [0.5, 0.6) is 5.75 Å². The normalized spacial score (nSPS) is 14.7. The summed E-state index contributed by atoms with van der Waals surface area (Å²) >= 11 is 1.66. The van der Waals surface area contributed by atoms with Crippen molar-refractivity contribution in [2.24, 2.45) is 0 Å². The Hall–Kier alpha value is -3.27. The van der Waals surface area contributed by atoms with E-state index in [9.17, 15) is 10.1 Å². The molecule has 0 amide bonds. The van der Waals surface area contributed by atoms with Gasteiger partial charge in [-0.25, -0.2) is 9.97 Å². The van der Waals surface area contributed by atoms with Gasteiger partial charge in [0.05, 0.1) is 22.7 Å². The molecule has 0 spiro atoms. The van der Waals surface area contributed by atoms with Crippen molar-refractivity contribution in [3.63, 3.8) is 0 Å². The van der Waals surface area contributed by atoms with Crippen LogP contribution >= 0.6 is 11.3 Å². The topological polar surface area (TPSA) is 120 Å². The van der Waals surface area contributed by atoms with Crippen LogP contribution in [0.4, 0.5) is 17.5 Å². The van der Waals surface area contributed by atoms with Crippen molar-refractivity contribution in [2.75, 3.05) is 30.8 Å². The number of hydrogen-bond donors (Lipinski definition) is 1.